The van der Waals surface area contributed by atoms with Crippen LogP contribution in [0.5, 0.6) is 11.5 Å². The third-order valence-electron chi connectivity index (χ3n) is 10.9. The van der Waals surface area contributed by atoms with Crippen LogP contribution in [0.25, 0.3) is 11.4 Å². The van der Waals surface area contributed by atoms with Crippen LogP contribution in [-0.2, 0) is 11.0 Å². The van der Waals surface area contributed by atoms with E-state index in [9.17, 15) is 13.8 Å². The van der Waals surface area contributed by atoms with Gasteiger partial charge in [-0.05, 0) is 109 Å². The molecule has 8 rings (SSSR count). The lowest BCUT2D eigenvalue weighted by molar-refractivity contribution is 0.205. The normalized spacial score (nSPS) is 18.5. The standard InChI is InChI=1S/C23H31ClN4O3S.C19H23ClN4O2.ClH/c1-23(2,3)32(30)27-13-11-26(12-14-27)20-16-25-28(18-8-6-7-17(24)15-18)22(29)21(20)31-19-9-4-5-10-19;20-14-4-3-5-15(12-14)24-19(25)18(26-16-6-1-2-7-16)17(13-22-24)23-10-8-21-9-11-23;/h6-8,15-16,19H,4-5,9-14H2,1-3H3;3-5,12-13,16,21H,1-2,6-11H2;1H. The van der Waals surface area contributed by atoms with E-state index in [4.69, 9.17) is 32.7 Å². The maximum atomic E-state index is 13.5. The predicted octanol–water partition coefficient (Wildman–Crippen LogP) is 6.83. The lowest BCUT2D eigenvalue weighted by Crippen LogP contribution is -2.50. The summed E-state index contributed by atoms with van der Waals surface area (Å²) in [5, 5.41) is 13.3. The highest BCUT2D eigenvalue weighted by Gasteiger charge is 2.32. The van der Waals surface area contributed by atoms with Gasteiger partial charge in [-0.3, -0.25) is 9.59 Å². The zero-order valence-electron chi connectivity index (χ0n) is 34.0. The second kappa shape index (κ2) is 20.3. The Bertz CT molecular complexity index is 2170. The third kappa shape index (κ3) is 11.0. The molecular formula is C42H55Cl3N8O5S. The first-order chi connectivity index (χ1) is 28.0. The van der Waals surface area contributed by atoms with Gasteiger partial charge in [0.05, 0.1) is 51.7 Å². The predicted molar refractivity (Wildman–Crippen MR) is 239 cm³/mol. The van der Waals surface area contributed by atoms with Crippen molar-refractivity contribution in [3.8, 4) is 22.9 Å². The van der Waals surface area contributed by atoms with Crippen molar-refractivity contribution >= 4 is 58.0 Å². The Labute approximate surface area is 364 Å². The smallest absolute Gasteiger partial charge is 0.316 e. The summed E-state index contributed by atoms with van der Waals surface area (Å²) < 4.78 is 29.7. The zero-order valence-corrected chi connectivity index (χ0v) is 37.1. The SMILES string of the molecule is CC(C)(C)S(=O)N1CCN(c2cnn(-c3cccc(Cl)c3)c(=O)c2OC2CCCC2)CC1.Cl.O=c1c(OC2CCCC2)c(N2CCNCC2)cnn1-c1cccc(Cl)c1. The van der Waals surface area contributed by atoms with E-state index >= 15 is 0 Å². The summed E-state index contributed by atoms with van der Waals surface area (Å²) in [4.78, 5) is 31.0. The first-order valence-corrected chi connectivity index (χ1v) is 22.3. The van der Waals surface area contributed by atoms with Crippen LogP contribution in [0.15, 0.2) is 70.5 Å². The Morgan fingerprint density at radius 2 is 1.10 bits per heavy atom. The Kier molecular flexibility index (Phi) is 15.4. The van der Waals surface area contributed by atoms with Crippen LogP contribution in [-0.4, -0.2) is 97.4 Å². The highest BCUT2D eigenvalue weighted by atomic mass is 35.5. The first kappa shape index (κ1) is 44.9. The number of halogens is 3. The van der Waals surface area contributed by atoms with E-state index in [1.165, 1.54) is 9.36 Å². The van der Waals surface area contributed by atoms with Gasteiger partial charge in [-0.15, -0.1) is 12.4 Å². The van der Waals surface area contributed by atoms with Crippen molar-refractivity contribution in [2.75, 3.05) is 62.2 Å². The van der Waals surface area contributed by atoms with E-state index in [0.29, 0.717) is 64.8 Å². The van der Waals surface area contributed by atoms with Gasteiger partial charge in [-0.1, -0.05) is 35.3 Å². The molecule has 4 fully saturated rings. The van der Waals surface area contributed by atoms with Crippen molar-refractivity contribution in [2.45, 2.75) is 89.1 Å². The monoisotopic (exact) mass is 888 g/mol. The molecule has 4 heterocycles. The Morgan fingerprint density at radius 1 is 0.678 bits per heavy atom. The average molecular weight is 890 g/mol. The highest BCUT2D eigenvalue weighted by Crippen LogP contribution is 2.32. The number of rotatable bonds is 9. The molecule has 2 aromatic heterocycles. The van der Waals surface area contributed by atoms with Crippen LogP contribution in [0.2, 0.25) is 10.0 Å². The first-order valence-electron chi connectivity index (χ1n) is 20.4. The molecule has 2 aliphatic carbocycles. The molecule has 0 amide bonds. The van der Waals surface area contributed by atoms with Crippen molar-refractivity contribution in [1.82, 2.24) is 29.2 Å². The molecule has 4 aromatic rings. The summed E-state index contributed by atoms with van der Waals surface area (Å²) in [6.45, 7) is 12.0. The summed E-state index contributed by atoms with van der Waals surface area (Å²) in [6, 6.07) is 14.2. The minimum absolute atomic E-state index is 0. The van der Waals surface area contributed by atoms with Crippen LogP contribution in [0.4, 0.5) is 11.4 Å². The van der Waals surface area contributed by atoms with Crippen molar-refractivity contribution in [1.29, 1.82) is 0 Å². The molecule has 0 spiro atoms. The van der Waals surface area contributed by atoms with Gasteiger partial charge in [-0.25, -0.2) is 8.51 Å². The summed E-state index contributed by atoms with van der Waals surface area (Å²) in [6.07, 6.45) is 12.1. The number of hydrogen-bond acceptors (Lipinski definition) is 10. The van der Waals surface area contributed by atoms with E-state index in [1.54, 1.807) is 48.8 Å². The van der Waals surface area contributed by atoms with Gasteiger partial charge in [0, 0.05) is 62.4 Å². The largest absolute Gasteiger partial charge is 0.483 e. The number of nitrogens with zero attached hydrogens (tertiary/aromatic N) is 7. The fourth-order valence-corrected chi connectivity index (χ4v) is 9.49. The minimum atomic E-state index is -1.06. The van der Waals surface area contributed by atoms with Crippen LogP contribution >= 0.6 is 35.6 Å². The second-order valence-corrected chi connectivity index (χ2v) is 19.3. The number of piperazine rings is 2. The molecule has 4 aliphatic rings. The molecule has 2 aliphatic heterocycles. The summed E-state index contributed by atoms with van der Waals surface area (Å²) in [7, 11) is -1.06. The van der Waals surface area contributed by atoms with E-state index in [1.807, 2.05) is 37.2 Å². The fraction of sp³-hybridized carbons (Fsp3) is 0.524. The molecule has 2 saturated carbocycles. The molecule has 320 valence electrons. The van der Waals surface area contributed by atoms with Gasteiger partial charge in [0.15, 0.2) is 0 Å². The quantitative estimate of drug-likeness (QED) is 0.191. The topological polar surface area (TPSA) is 127 Å². The second-order valence-electron chi connectivity index (χ2n) is 16.2. The molecule has 1 atom stereocenters. The molecule has 1 N–H and O–H groups in total. The number of aromatic nitrogens is 4. The van der Waals surface area contributed by atoms with Gasteiger partial charge in [-0.2, -0.15) is 19.6 Å². The van der Waals surface area contributed by atoms with Crippen molar-refractivity contribution in [3.63, 3.8) is 0 Å². The lowest BCUT2D eigenvalue weighted by Gasteiger charge is -2.38. The van der Waals surface area contributed by atoms with Crippen molar-refractivity contribution in [2.24, 2.45) is 0 Å². The number of hydrogen-bond donors (Lipinski definition) is 1. The van der Waals surface area contributed by atoms with Crippen LogP contribution in [0.1, 0.15) is 72.1 Å². The van der Waals surface area contributed by atoms with E-state index < -0.39 is 11.0 Å². The molecule has 2 aromatic carbocycles. The molecule has 2 saturated heterocycles. The Hall–Kier alpha value is -3.66. The van der Waals surface area contributed by atoms with Crippen LogP contribution in [0, 0.1) is 0 Å². The number of benzene rings is 2. The maximum absolute atomic E-state index is 13.5. The Balaban J connectivity index is 0.000000199. The number of nitrogens with one attached hydrogen (secondary N) is 1. The van der Waals surface area contributed by atoms with Gasteiger partial charge >= 0.3 is 11.1 Å². The maximum Gasteiger partial charge on any atom is 0.316 e. The van der Waals surface area contributed by atoms with Gasteiger partial charge in [0.1, 0.15) is 11.4 Å². The summed E-state index contributed by atoms with van der Waals surface area (Å²) in [5.74, 6) is 0.756. The molecular weight excluding hydrogens is 835 g/mol. The third-order valence-corrected chi connectivity index (χ3v) is 13.3. The van der Waals surface area contributed by atoms with E-state index in [2.05, 4.69) is 25.3 Å². The van der Waals surface area contributed by atoms with Crippen molar-refractivity contribution < 1.29 is 13.7 Å². The van der Waals surface area contributed by atoms with Gasteiger partial charge in [0.2, 0.25) is 11.5 Å². The molecule has 0 bridgehead atoms. The highest BCUT2D eigenvalue weighted by molar-refractivity contribution is 7.84. The van der Waals surface area contributed by atoms with Crippen LogP contribution in [0.3, 0.4) is 0 Å². The number of ether oxygens (including phenoxy) is 2. The molecule has 0 radical (unpaired) electrons. The molecule has 1 unspecified atom stereocenters. The molecule has 13 nitrogen and oxygen atoms in total. The van der Waals surface area contributed by atoms with E-state index in [0.717, 1.165) is 83.2 Å². The van der Waals surface area contributed by atoms with E-state index in [-0.39, 0.29) is 40.5 Å². The summed E-state index contributed by atoms with van der Waals surface area (Å²) in [5.41, 5.74) is 2.25. The fourth-order valence-electron chi connectivity index (χ4n) is 7.85. The molecule has 17 heteroatoms. The lowest BCUT2D eigenvalue weighted by atomic mass is 10.2. The number of anilines is 2. The van der Waals surface area contributed by atoms with Crippen LogP contribution < -0.4 is 35.7 Å². The minimum Gasteiger partial charge on any atom is -0.483 e. The summed E-state index contributed by atoms with van der Waals surface area (Å²) >= 11 is 12.2. The van der Waals surface area contributed by atoms with Gasteiger partial charge in [0.25, 0.3) is 0 Å². The molecule has 59 heavy (non-hydrogen) atoms. The van der Waals surface area contributed by atoms with Gasteiger partial charge < -0.3 is 24.6 Å². The average Bonchev–Trinajstić information content (AvgIpc) is 3.95. The Morgan fingerprint density at radius 3 is 1.51 bits per heavy atom. The van der Waals surface area contributed by atoms with Crippen molar-refractivity contribution in [3.05, 3.63) is 91.7 Å². The zero-order chi connectivity index (χ0) is 40.8.